The van der Waals surface area contributed by atoms with Crippen LogP contribution in [0.4, 0.5) is 16.3 Å². The fraction of sp³-hybridized carbons (Fsp3) is 0.467. The monoisotopic (exact) mass is 591 g/mol. The molecule has 1 aliphatic carbocycles. The van der Waals surface area contributed by atoms with Gasteiger partial charge in [0.2, 0.25) is 12.2 Å². The first-order valence-corrected chi connectivity index (χ1v) is 14.6. The Hall–Kier alpha value is -4.52. The van der Waals surface area contributed by atoms with Gasteiger partial charge in [-0.15, -0.1) is 10.2 Å². The zero-order valence-corrected chi connectivity index (χ0v) is 24.6. The third-order valence-electron chi connectivity index (χ3n) is 7.67. The third kappa shape index (κ3) is 7.11. The molecule has 2 fully saturated rings. The molecule has 1 aliphatic heterocycles. The molecule has 3 heterocycles. The topological polar surface area (TPSA) is 152 Å². The summed E-state index contributed by atoms with van der Waals surface area (Å²) in [5.74, 6) is -0.873. The minimum absolute atomic E-state index is 0.00554. The quantitative estimate of drug-likeness (QED) is 0.289. The molecular formula is C30H37N7O6. The van der Waals surface area contributed by atoms with Gasteiger partial charge in [-0.1, -0.05) is 45.2 Å². The van der Waals surface area contributed by atoms with Gasteiger partial charge in [-0.2, -0.15) is 5.10 Å². The van der Waals surface area contributed by atoms with Crippen LogP contribution in [0.1, 0.15) is 52.9 Å². The minimum Gasteiger partial charge on any atom is -0.507 e. The predicted molar refractivity (Wildman–Crippen MR) is 158 cm³/mol. The fourth-order valence-corrected chi connectivity index (χ4v) is 5.37. The molecule has 1 atom stereocenters. The molecule has 1 aromatic carbocycles. The number of ether oxygens (including phenoxy) is 2. The first-order chi connectivity index (χ1) is 20.7. The maximum absolute atomic E-state index is 13.2. The van der Waals surface area contributed by atoms with Crippen molar-refractivity contribution in [2.75, 3.05) is 29.9 Å². The molecule has 3 aromatic rings. The largest absolute Gasteiger partial charge is 0.507 e. The Balaban J connectivity index is 1.37. The number of hydrogen-bond acceptors (Lipinski definition) is 10. The number of para-hydroxylation sites is 1. The van der Waals surface area contributed by atoms with Crippen molar-refractivity contribution >= 4 is 29.5 Å². The number of nitrogens with one attached hydrogen (secondary N) is 1. The van der Waals surface area contributed by atoms with E-state index in [2.05, 4.69) is 25.5 Å². The van der Waals surface area contributed by atoms with Crippen molar-refractivity contribution in [3.8, 4) is 22.7 Å². The molecule has 2 N–H and O–H groups in total. The maximum atomic E-state index is 13.2. The van der Waals surface area contributed by atoms with Crippen LogP contribution in [0.15, 0.2) is 42.7 Å². The van der Waals surface area contributed by atoms with Gasteiger partial charge in [-0.05, 0) is 31.0 Å². The number of nitrogens with zero attached hydrogens (tertiary/aromatic N) is 6. The summed E-state index contributed by atoms with van der Waals surface area (Å²) < 4.78 is 11.8. The van der Waals surface area contributed by atoms with E-state index in [1.165, 1.54) is 36.9 Å². The number of aromatic nitrogens is 4. The maximum Gasteiger partial charge on any atom is 0.416 e. The molecule has 2 aromatic heterocycles. The molecule has 2 aliphatic rings. The van der Waals surface area contributed by atoms with Gasteiger partial charge in [-0.3, -0.25) is 19.8 Å². The molecule has 228 valence electrons. The second kappa shape index (κ2) is 13.2. The van der Waals surface area contributed by atoms with E-state index in [-0.39, 0.29) is 23.4 Å². The number of carbonyl (C=O) groups excluding carboxylic acids is 3. The highest BCUT2D eigenvalue weighted by Gasteiger charge is 2.31. The number of carbonyl (C=O) groups is 3. The van der Waals surface area contributed by atoms with Gasteiger partial charge in [0.1, 0.15) is 11.4 Å². The summed E-state index contributed by atoms with van der Waals surface area (Å²) in [6, 6.07) is 8.74. The Morgan fingerprint density at radius 1 is 1.05 bits per heavy atom. The van der Waals surface area contributed by atoms with E-state index >= 15 is 0 Å². The Morgan fingerprint density at radius 3 is 2.53 bits per heavy atom. The molecule has 0 spiro atoms. The van der Waals surface area contributed by atoms with Crippen LogP contribution in [0, 0.1) is 5.92 Å². The number of esters is 1. The van der Waals surface area contributed by atoms with Gasteiger partial charge < -0.3 is 19.5 Å². The highest BCUT2D eigenvalue weighted by molar-refractivity contribution is 5.95. The number of aromatic hydroxyl groups is 1. The number of anilines is 2. The summed E-state index contributed by atoms with van der Waals surface area (Å²) in [6.07, 6.45) is 7.16. The number of rotatable bonds is 8. The Morgan fingerprint density at radius 2 is 1.81 bits per heavy atom. The van der Waals surface area contributed by atoms with Crippen LogP contribution in [-0.4, -0.2) is 79.9 Å². The molecule has 13 heteroatoms. The first kappa shape index (κ1) is 30.0. The van der Waals surface area contributed by atoms with Gasteiger partial charge in [0, 0.05) is 31.6 Å². The summed E-state index contributed by atoms with van der Waals surface area (Å²) in [5.41, 5.74) is 1.69. The van der Waals surface area contributed by atoms with E-state index in [1.807, 2.05) is 0 Å². The van der Waals surface area contributed by atoms with E-state index in [9.17, 15) is 19.5 Å². The van der Waals surface area contributed by atoms with Crippen LogP contribution < -0.4 is 10.2 Å². The predicted octanol–water partition coefficient (Wildman–Crippen LogP) is 4.11. The number of piperazine rings is 1. The van der Waals surface area contributed by atoms with E-state index in [4.69, 9.17) is 9.47 Å². The molecule has 5 rings (SSSR count). The molecular weight excluding hydrogens is 554 g/mol. The van der Waals surface area contributed by atoms with Gasteiger partial charge in [-0.25, -0.2) is 9.48 Å². The lowest BCUT2D eigenvalue weighted by atomic mass is 9.94. The van der Waals surface area contributed by atoms with Crippen LogP contribution in [0.25, 0.3) is 16.9 Å². The average molecular weight is 592 g/mol. The smallest absolute Gasteiger partial charge is 0.416 e. The Labute approximate surface area is 249 Å². The Bertz CT molecular complexity index is 1470. The normalized spacial score (nSPS) is 17.1. The van der Waals surface area contributed by atoms with Gasteiger partial charge >= 0.3 is 12.1 Å². The van der Waals surface area contributed by atoms with Crippen LogP contribution in [0.3, 0.4) is 0 Å². The SMILES string of the molecule is CC(OC(=O)Nc1nnc(-c2ccccc2O)cc1-n1cc(N2CCN(C3CCCCC3)CC2=O)cn1)OC(=O)C(C)C. The average Bonchev–Trinajstić information content (AvgIpc) is 3.47. The summed E-state index contributed by atoms with van der Waals surface area (Å²) in [4.78, 5) is 41.8. The number of amides is 2. The third-order valence-corrected chi connectivity index (χ3v) is 7.67. The molecule has 1 unspecified atom stereocenters. The number of hydrogen-bond donors (Lipinski definition) is 2. The summed E-state index contributed by atoms with van der Waals surface area (Å²) in [6.45, 7) is 6.47. The summed E-state index contributed by atoms with van der Waals surface area (Å²) >= 11 is 0. The van der Waals surface area contributed by atoms with E-state index < -0.39 is 18.4 Å². The lowest BCUT2D eigenvalue weighted by molar-refractivity contribution is -0.168. The van der Waals surface area contributed by atoms with Crippen molar-refractivity contribution in [3.05, 3.63) is 42.7 Å². The molecule has 1 saturated heterocycles. The first-order valence-electron chi connectivity index (χ1n) is 14.6. The lowest BCUT2D eigenvalue weighted by Crippen LogP contribution is -2.54. The Kier molecular flexibility index (Phi) is 9.19. The molecule has 0 radical (unpaired) electrons. The van der Waals surface area contributed by atoms with Crippen molar-refractivity contribution in [1.29, 1.82) is 0 Å². The number of phenolic OH excluding ortho intramolecular Hbond substituents is 1. The molecule has 1 saturated carbocycles. The number of phenols is 1. The number of benzene rings is 1. The molecule has 0 bridgehead atoms. The fourth-order valence-electron chi connectivity index (χ4n) is 5.37. The lowest BCUT2D eigenvalue weighted by Gasteiger charge is -2.39. The summed E-state index contributed by atoms with van der Waals surface area (Å²) in [7, 11) is 0. The standard InChI is InChI=1S/C30H37N7O6/c1-19(2)29(40)42-20(3)43-30(41)32-28-25(15-24(33-34-28)23-11-7-8-12-26(23)38)37-17-22(16-31-37)36-14-13-35(18-27(36)39)21-9-5-4-6-10-21/h7-8,11-12,15-17,19-21,38H,4-6,9-10,13-14,18H2,1-3H3,(H,32,34,41). The van der Waals surface area contributed by atoms with Gasteiger partial charge in [0.25, 0.3) is 0 Å². The van der Waals surface area contributed by atoms with Crippen LogP contribution in [-0.2, 0) is 19.1 Å². The molecule has 2 amide bonds. The van der Waals surface area contributed by atoms with Gasteiger partial charge in [0.15, 0.2) is 5.82 Å². The highest BCUT2D eigenvalue weighted by atomic mass is 16.7. The minimum atomic E-state index is -1.14. The van der Waals surface area contributed by atoms with Crippen molar-refractivity contribution in [2.24, 2.45) is 5.92 Å². The molecule has 13 nitrogen and oxygen atoms in total. The second-order valence-electron chi connectivity index (χ2n) is 11.1. The zero-order valence-electron chi connectivity index (χ0n) is 24.6. The van der Waals surface area contributed by atoms with Crippen LogP contribution >= 0.6 is 0 Å². The summed E-state index contributed by atoms with van der Waals surface area (Å²) in [5, 5.41) is 25.8. The highest BCUT2D eigenvalue weighted by Crippen LogP contribution is 2.31. The van der Waals surface area contributed by atoms with E-state index in [1.54, 1.807) is 55.4 Å². The second-order valence-corrected chi connectivity index (χ2v) is 11.1. The van der Waals surface area contributed by atoms with Gasteiger partial charge in [0.05, 0.1) is 36.2 Å². The van der Waals surface area contributed by atoms with E-state index in [0.29, 0.717) is 41.8 Å². The zero-order chi connectivity index (χ0) is 30.5. The van der Waals surface area contributed by atoms with Crippen LogP contribution in [0.5, 0.6) is 5.75 Å². The van der Waals surface area contributed by atoms with Crippen LogP contribution in [0.2, 0.25) is 0 Å². The van der Waals surface area contributed by atoms with Crippen molar-refractivity contribution < 1.29 is 29.0 Å². The molecule has 43 heavy (non-hydrogen) atoms. The van der Waals surface area contributed by atoms with Crippen molar-refractivity contribution in [1.82, 2.24) is 24.9 Å². The van der Waals surface area contributed by atoms with Crippen molar-refractivity contribution in [3.63, 3.8) is 0 Å². The van der Waals surface area contributed by atoms with E-state index in [0.717, 1.165) is 19.4 Å². The van der Waals surface area contributed by atoms with Crippen molar-refractivity contribution in [2.45, 2.75) is 65.2 Å².